The minimum Gasteiger partial charge on any atom is -0.490 e. The van der Waals surface area contributed by atoms with Gasteiger partial charge in [-0.05, 0) is 77.3 Å². The van der Waals surface area contributed by atoms with Gasteiger partial charge in [0.1, 0.15) is 6.61 Å². The van der Waals surface area contributed by atoms with E-state index in [0.717, 1.165) is 21.3 Å². The average Bonchev–Trinajstić information content (AvgIpc) is 2.72. The first-order valence-corrected chi connectivity index (χ1v) is 10.5. The summed E-state index contributed by atoms with van der Waals surface area (Å²) in [6, 6.07) is 18.8. The molecule has 0 fully saturated rings. The highest BCUT2D eigenvalue weighted by Crippen LogP contribution is 2.37. The molecule has 2 N–H and O–H groups in total. The number of aromatic carboxylic acids is 1. The molecule has 3 rings (SSSR count). The maximum Gasteiger partial charge on any atom is 0.335 e. The lowest BCUT2D eigenvalue weighted by atomic mass is 10.1. The van der Waals surface area contributed by atoms with Crippen LogP contribution in [0.5, 0.6) is 11.5 Å². The van der Waals surface area contributed by atoms with Crippen LogP contribution in [-0.2, 0) is 13.2 Å². The van der Waals surface area contributed by atoms with Gasteiger partial charge in [0.05, 0.1) is 16.6 Å². The van der Waals surface area contributed by atoms with Crippen molar-refractivity contribution < 1.29 is 19.4 Å². The SMILES string of the molecule is CCOc1cc(CNc2ccc(C(=O)O)cc2)cc(Br)c1OCc1cccc(C)c1. The van der Waals surface area contributed by atoms with Crippen LogP contribution in [0.3, 0.4) is 0 Å². The van der Waals surface area contributed by atoms with Crippen LogP contribution in [0.1, 0.15) is 34.0 Å². The number of aryl methyl sites for hydroxylation is 1. The number of hydrogen-bond acceptors (Lipinski definition) is 4. The van der Waals surface area contributed by atoms with Gasteiger partial charge in [-0.1, -0.05) is 29.8 Å². The summed E-state index contributed by atoms with van der Waals surface area (Å²) in [7, 11) is 0. The summed E-state index contributed by atoms with van der Waals surface area (Å²) >= 11 is 3.61. The molecule has 0 saturated heterocycles. The number of rotatable bonds is 9. The molecule has 0 amide bonds. The highest BCUT2D eigenvalue weighted by molar-refractivity contribution is 9.10. The zero-order valence-corrected chi connectivity index (χ0v) is 18.5. The van der Waals surface area contributed by atoms with E-state index in [9.17, 15) is 4.79 Å². The molecule has 0 atom stereocenters. The van der Waals surface area contributed by atoms with E-state index in [0.29, 0.717) is 31.3 Å². The molecule has 0 aliphatic heterocycles. The van der Waals surface area contributed by atoms with Crippen molar-refractivity contribution in [3.05, 3.63) is 87.4 Å². The lowest BCUT2D eigenvalue weighted by Crippen LogP contribution is -2.04. The number of ether oxygens (including phenoxy) is 2. The van der Waals surface area contributed by atoms with E-state index in [1.165, 1.54) is 5.56 Å². The smallest absolute Gasteiger partial charge is 0.335 e. The quantitative estimate of drug-likeness (QED) is 0.399. The standard InChI is InChI=1S/C24H24BrNO4/c1-3-29-22-13-18(14-26-20-9-7-19(8-10-20)24(27)28)12-21(25)23(22)30-15-17-6-4-5-16(2)11-17/h4-13,26H,3,14-15H2,1-2H3,(H,27,28). The topological polar surface area (TPSA) is 67.8 Å². The van der Waals surface area contributed by atoms with E-state index in [2.05, 4.69) is 40.3 Å². The van der Waals surface area contributed by atoms with Gasteiger partial charge in [0, 0.05) is 12.2 Å². The van der Waals surface area contributed by atoms with Crippen molar-refractivity contribution in [1.29, 1.82) is 0 Å². The van der Waals surface area contributed by atoms with Crippen LogP contribution in [0.25, 0.3) is 0 Å². The number of anilines is 1. The molecule has 5 nitrogen and oxygen atoms in total. The van der Waals surface area contributed by atoms with Crippen molar-refractivity contribution in [2.24, 2.45) is 0 Å². The number of benzene rings is 3. The van der Waals surface area contributed by atoms with Gasteiger partial charge in [0.2, 0.25) is 0 Å². The molecule has 0 saturated carbocycles. The van der Waals surface area contributed by atoms with Crippen LogP contribution >= 0.6 is 15.9 Å². The molecule has 0 aliphatic rings. The molecule has 156 valence electrons. The highest BCUT2D eigenvalue weighted by Gasteiger charge is 2.13. The third kappa shape index (κ3) is 5.76. The molecular formula is C24H24BrNO4. The van der Waals surface area contributed by atoms with Gasteiger partial charge in [-0.25, -0.2) is 4.79 Å². The Bertz CT molecular complexity index is 1020. The fraction of sp³-hybridized carbons (Fsp3) is 0.208. The second kappa shape index (κ2) is 10.2. The Balaban J connectivity index is 1.72. The molecule has 0 bridgehead atoms. The van der Waals surface area contributed by atoms with Crippen LogP contribution in [0.15, 0.2) is 65.1 Å². The van der Waals surface area contributed by atoms with Crippen molar-refractivity contribution >= 4 is 27.6 Å². The van der Waals surface area contributed by atoms with Crippen LogP contribution in [0, 0.1) is 6.92 Å². The third-order valence-corrected chi connectivity index (χ3v) is 5.05. The molecule has 0 aromatic heterocycles. The van der Waals surface area contributed by atoms with Crippen molar-refractivity contribution in [2.75, 3.05) is 11.9 Å². The average molecular weight is 470 g/mol. The van der Waals surface area contributed by atoms with Gasteiger partial charge in [0.15, 0.2) is 11.5 Å². The van der Waals surface area contributed by atoms with Crippen molar-refractivity contribution in [2.45, 2.75) is 27.0 Å². The first-order chi connectivity index (χ1) is 14.5. The Morgan fingerprint density at radius 1 is 1.03 bits per heavy atom. The lowest BCUT2D eigenvalue weighted by molar-refractivity contribution is 0.0697. The number of nitrogens with one attached hydrogen (secondary N) is 1. The van der Waals surface area contributed by atoms with Crippen LogP contribution < -0.4 is 14.8 Å². The Kier molecular flexibility index (Phi) is 7.36. The number of carboxylic acid groups (broad SMARTS) is 1. The van der Waals surface area contributed by atoms with Gasteiger partial charge in [-0.2, -0.15) is 0 Å². The van der Waals surface area contributed by atoms with E-state index < -0.39 is 5.97 Å². The predicted octanol–water partition coefficient (Wildman–Crippen LogP) is 6.05. The number of hydrogen-bond donors (Lipinski definition) is 2. The molecular weight excluding hydrogens is 446 g/mol. The van der Waals surface area contributed by atoms with E-state index in [4.69, 9.17) is 14.6 Å². The van der Waals surface area contributed by atoms with Gasteiger partial charge in [0.25, 0.3) is 0 Å². The molecule has 30 heavy (non-hydrogen) atoms. The van der Waals surface area contributed by atoms with Crippen molar-refractivity contribution in [3.63, 3.8) is 0 Å². The largest absolute Gasteiger partial charge is 0.490 e. The molecule has 0 heterocycles. The molecule has 6 heteroatoms. The molecule has 0 spiro atoms. The molecule has 0 radical (unpaired) electrons. The second-order valence-corrected chi connectivity index (χ2v) is 7.71. The summed E-state index contributed by atoms with van der Waals surface area (Å²) < 4.78 is 12.7. The van der Waals surface area contributed by atoms with Gasteiger partial charge < -0.3 is 19.9 Å². The predicted molar refractivity (Wildman–Crippen MR) is 122 cm³/mol. The Labute approximate surface area is 184 Å². The fourth-order valence-electron chi connectivity index (χ4n) is 3.02. The van der Waals surface area contributed by atoms with Crippen LogP contribution in [0.2, 0.25) is 0 Å². The summed E-state index contributed by atoms with van der Waals surface area (Å²) in [5.74, 6) is 0.415. The molecule has 0 unspecified atom stereocenters. The first kappa shape index (κ1) is 21.7. The van der Waals surface area contributed by atoms with Crippen LogP contribution in [-0.4, -0.2) is 17.7 Å². The second-order valence-electron chi connectivity index (χ2n) is 6.85. The van der Waals surface area contributed by atoms with Gasteiger partial charge in [-0.15, -0.1) is 0 Å². The minimum absolute atomic E-state index is 0.261. The Hall–Kier alpha value is -2.99. The number of carboxylic acids is 1. The van der Waals surface area contributed by atoms with E-state index in [1.54, 1.807) is 24.3 Å². The summed E-state index contributed by atoms with van der Waals surface area (Å²) in [5.41, 5.74) is 4.40. The summed E-state index contributed by atoms with van der Waals surface area (Å²) in [4.78, 5) is 11.0. The van der Waals surface area contributed by atoms with E-state index >= 15 is 0 Å². The van der Waals surface area contributed by atoms with Crippen LogP contribution in [0.4, 0.5) is 5.69 Å². The maximum atomic E-state index is 11.0. The molecule has 3 aromatic carbocycles. The summed E-state index contributed by atoms with van der Waals surface area (Å²) in [5, 5.41) is 12.3. The maximum absolute atomic E-state index is 11.0. The van der Waals surface area contributed by atoms with E-state index in [1.807, 2.05) is 31.2 Å². The highest BCUT2D eigenvalue weighted by atomic mass is 79.9. The normalized spacial score (nSPS) is 10.5. The van der Waals surface area contributed by atoms with Crippen molar-refractivity contribution in [1.82, 2.24) is 0 Å². The molecule has 0 aliphatic carbocycles. The summed E-state index contributed by atoms with van der Waals surface area (Å²) in [6.45, 7) is 5.53. The Morgan fingerprint density at radius 2 is 1.80 bits per heavy atom. The monoisotopic (exact) mass is 469 g/mol. The third-order valence-electron chi connectivity index (χ3n) is 4.46. The van der Waals surface area contributed by atoms with Gasteiger partial charge >= 0.3 is 5.97 Å². The summed E-state index contributed by atoms with van der Waals surface area (Å²) in [6.07, 6.45) is 0. The van der Waals surface area contributed by atoms with Gasteiger partial charge in [-0.3, -0.25) is 0 Å². The first-order valence-electron chi connectivity index (χ1n) is 9.67. The van der Waals surface area contributed by atoms with Crippen molar-refractivity contribution in [3.8, 4) is 11.5 Å². The zero-order chi connectivity index (χ0) is 21.5. The lowest BCUT2D eigenvalue weighted by Gasteiger charge is -2.16. The molecule has 3 aromatic rings. The minimum atomic E-state index is -0.937. The number of carbonyl (C=O) groups is 1. The number of halogens is 1. The fourth-order valence-corrected chi connectivity index (χ4v) is 3.62. The van der Waals surface area contributed by atoms with E-state index in [-0.39, 0.29) is 5.56 Å². The zero-order valence-electron chi connectivity index (χ0n) is 16.9. The Morgan fingerprint density at radius 3 is 2.47 bits per heavy atom.